The number of carbonyl (C=O) groups excluding carboxylic acids is 2. The number of halogens is 1. The van der Waals surface area contributed by atoms with Crippen molar-refractivity contribution >= 4 is 23.3 Å². The molecule has 0 saturated carbocycles. The van der Waals surface area contributed by atoms with E-state index in [-0.39, 0.29) is 17.8 Å². The van der Waals surface area contributed by atoms with Crippen LogP contribution >= 0.6 is 0 Å². The van der Waals surface area contributed by atoms with Crippen LogP contribution in [0.15, 0.2) is 42.5 Å². The van der Waals surface area contributed by atoms with Crippen LogP contribution in [0.4, 0.5) is 20.6 Å². The first-order valence-corrected chi connectivity index (χ1v) is 8.29. The summed E-state index contributed by atoms with van der Waals surface area (Å²) >= 11 is 0. The van der Waals surface area contributed by atoms with Crippen LogP contribution < -0.4 is 15.5 Å². The third-order valence-corrected chi connectivity index (χ3v) is 4.22. The molecular formula is C19H20FN3O2. The lowest BCUT2D eigenvalue weighted by molar-refractivity contribution is -0.118. The van der Waals surface area contributed by atoms with Gasteiger partial charge in [0.25, 0.3) is 0 Å². The van der Waals surface area contributed by atoms with Crippen LogP contribution in [0.25, 0.3) is 0 Å². The van der Waals surface area contributed by atoms with E-state index in [9.17, 15) is 14.0 Å². The zero-order valence-corrected chi connectivity index (χ0v) is 14.0. The molecule has 3 rings (SSSR count). The van der Waals surface area contributed by atoms with Gasteiger partial charge >= 0.3 is 6.03 Å². The molecule has 1 aliphatic heterocycles. The van der Waals surface area contributed by atoms with E-state index < -0.39 is 0 Å². The number of anilines is 2. The molecule has 0 atom stereocenters. The van der Waals surface area contributed by atoms with Crippen molar-refractivity contribution in [2.75, 3.05) is 16.8 Å². The topological polar surface area (TPSA) is 61.4 Å². The Balaban J connectivity index is 1.62. The molecule has 6 heteroatoms. The molecule has 1 heterocycles. The highest BCUT2D eigenvalue weighted by molar-refractivity contribution is 5.97. The number of nitrogens with zero attached hydrogens (tertiary/aromatic N) is 1. The molecule has 0 spiro atoms. The maximum Gasteiger partial charge on any atom is 0.319 e. The van der Waals surface area contributed by atoms with Crippen LogP contribution in [0.1, 0.15) is 24.5 Å². The standard InChI is InChI=1S/C19H20FN3O2/c1-2-23-17-9-8-16(11-14(17)5-10-18(23)24)22-19(25)21-12-13-3-6-15(20)7-4-13/h3-4,6-9,11H,2,5,10,12H2,1H3,(H2,21,22,25). The van der Waals surface area contributed by atoms with Crippen LogP contribution in [0.2, 0.25) is 0 Å². The zero-order valence-electron chi connectivity index (χ0n) is 14.0. The number of aryl methyl sites for hydroxylation is 1. The number of benzene rings is 2. The zero-order chi connectivity index (χ0) is 17.8. The van der Waals surface area contributed by atoms with Gasteiger partial charge in [-0.05, 0) is 54.8 Å². The second kappa shape index (κ2) is 7.34. The lowest BCUT2D eigenvalue weighted by Crippen LogP contribution is -2.35. The van der Waals surface area contributed by atoms with Crippen molar-refractivity contribution in [3.05, 3.63) is 59.4 Å². The van der Waals surface area contributed by atoms with E-state index in [1.54, 1.807) is 23.1 Å². The van der Waals surface area contributed by atoms with Crippen LogP contribution in [-0.4, -0.2) is 18.5 Å². The van der Waals surface area contributed by atoms with E-state index in [0.717, 1.165) is 16.8 Å². The molecule has 130 valence electrons. The molecule has 0 unspecified atom stereocenters. The summed E-state index contributed by atoms with van der Waals surface area (Å²) in [6.07, 6.45) is 1.17. The Morgan fingerprint density at radius 1 is 1.16 bits per heavy atom. The second-order valence-electron chi connectivity index (χ2n) is 5.92. The van der Waals surface area contributed by atoms with Crippen LogP contribution in [0.5, 0.6) is 0 Å². The number of fused-ring (bicyclic) bond motifs is 1. The van der Waals surface area contributed by atoms with Gasteiger partial charge in [-0.25, -0.2) is 9.18 Å². The minimum Gasteiger partial charge on any atom is -0.334 e. The third kappa shape index (κ3) is 3.96. The maximum atomic E-state index is 12.9. The molecule has 2 aromatic rings. The molecule has 0 fully saturated rings. The van der Waals surface area contributed by atoms with E-state index in [4.69, 9.17) is 0 Å². The Morgan fingerprint density at radius 3 is 2.64 bits per heavy atom. The number of hydrogen-bond acceptors (Lipinski definition) is 2. The molecule has 2 aromatic carbocycles. The van der Waals surface area contributed by atoms with E-state index in [1.165, 1.54) is 12.1 Å². The SMILES string of the molecule is CCN1C(=O)CCc2cc(NC(=O)NCc3ccc(F)cc3)ccc21. The summed E-state index contributed by atoms with van der Waals surface area (Å²) in [6, 6.07) is 11.2. The number of carbonyl (C=O) groups is 2. The first-order chi connectivity index (χ1) is 12.1. The van der Waals surface area contributed by atoms with Crippen molar-refractivity contribution in [2.45, 2.75) is 26.3 Å². The average molecular weight is 341 g/mol. The molecule has 0 aliphatic carbocycles. The van der Waals surface area contributed by atoms with Gasteiger partial charge in [0.1, 0.15) is 5.82 Å². The molecule has 0 bridgehead atoms. The predicted molar refractivity (Wildman–Crippen MR) is 95.0 cm³/mol. The van der Waals surface area contributed by atoms with Gasteiger partial charge in [-0.3, -0.25) is 4.79 Å². The molecular weight excluding hydrogens is 321 g/mol. The third-order valence-electron chi connectivity index (χ3n) is 4.22. The molecule has 1 aliphatic rings. The smallest absolute Gasteiger partial charge is 0.319 e. The molecule has 0 aromatic heterocycles. The van der Waals surface area contributed by atoms with Crippen LogP contribution in [-0.2, 0) is 17.8 Å². The molecule has 5 nitrogen and oxygen atoms in total. The van der Waals surface area contributed by atoms with Gasteiger partial charge in [-0.1, -0.05) is 12.1 Å². The van der Waals surface area contributed by atoms with E-state index >= 15 is 0 Å². The van der Waals surface area contributed by atoms with Gasteiger partial charge < -0.3 is 15.5 Å². The van der Waals surface area contributed by atoms with E-state index in [1.807, 2.05) is 19.1 Å². The predicted octanol–water partition coefficient (Wildman–Crippen LogP) is 3.45. The highest BCUT2D eigenvalue weighted by atomic mass is 19.1. The van der Waals surface area contributed by atoms with Crippen molar-refractivity contribution in [2.24, 2.45) is 0 Å². The summed E-state index contributed by atoms with van der Waals surface area (Å²) in [4.78, 5) is 25.7. The fourth-order valence-corrected chi connectivity index (χ4v) is 2.94. The Labute approximate surface area is 145 Å². The van der Waals surface area contributed by atoms with Crippen LogP contribution in [0.3, 0.4) is 0 Å². The summed E-state index contributed by atoms with van der Waals surface area (Å²) in [7, 11) is 0. The maximum absolute atomic E-state index is 12.9. The molecule has 0 radical (unpaired) electrons. The first-order valence-electron chi connectivity index (χ1n) is 8.29. The van der Waals surface area contributed by atoms with Crippen molar-refractivity contribution in [3.8, 4) is 0 Å². The van der Waals surface area contributed by atoms with Gasteiger partial charge in [0.2, 0.25) is 5.91 Å². The monoisotopic (exact) mass is 341 g/mol. The first kappa shape index (κ1) is 17.0. The number of hydrogen-bond donors (Lipinski definition) is 2. The summed E-state index contributed by atoms with van der Waals surface area (Å²) in [5.41, 5.74) is 3.47. The Morgan fingerprint density at radius 2 is 1.92 bits per heavy atom. The van der Waals surface area contributed by atoms with Gasteiger partial charge in [-0.2, -0.15) is 0 Å². The molecule has 2 N–H and O–H groups in total. The average Bonchev–Trinajstić information content (AvgIpc) is 2.61. The number of rotatable bonds is 4. The minimum atomic E-state index is -0.330. The summed E-state index contributed by atoms with van der Waals surface area (Å²) in [6.45, 7) is 2.90. The summed E-state index contributed by atoms with van der Waals surface area (Å²) in [5, 5.41) is 5.53. The largest absolute Gasteiger partial charge is 0.334 e. The highest BCUT2D eigenvalue weighted by Crippen LogP contribution is 2.30. The number of amides is 3. The summed E-state index contributed by atoms with van der Waals surface area (Å²) < 4.78 is 12.9. The van der Waals surface area contributed by atoms with Crippen molar-refractivity contribution in [1.82, 2.24) is 5.32 Å². The van der Waals surface area contributed by atoms with Crippen LogP contribution in [0, 0.1) is 5.82 Å². The Hall–Kier alpha value is -2.89. The molecule has 25 heavy (non-hydrogen) atoms. The lowest BCUT2D eigenvalue weighted by Gasteiger charge is -2.28. The fraction of sp³-hybridized carbons (Fsp3) is 0.263. The lowest BCUT2D eigenvalue weighted by atomic mass is 10.0. The van der Waals surface area contributed by atoms with Crippen molar-refractivity contribution < 1.29 is 14.0 Å². The molecule has 3 amide bonds. The Bertz CT molecular complexity index is 790. The van der Waals surface area contributed by atoms with E-state index in [2.05, 4.69) is 10.6 Å². The normalized spacial score (nSPS) is 13.4. The number of nitrogens with one attached hydrogen (secondary N) is 2. The quantitative estimate of drug-likeness (QED) is 0.895. The number of urea groups is 1. The Kier molecular flexibility index (Phi) is 4.97. The molecule has 0 saturated heterocycles. The van der Waals surface area contributed by atoms with Gasteiger partial charge in [0.15, 0.2) is 0 Å². The summed E-state index contributed by atoms with van der Waals surface area (Å²) in [5.74, 6) is -0.172. The van der Waals surface area contributed by atoms with Gasteiger partial charge in [-0.15, -0.1) is 0 Å². The minimum absolute atomic E-state index is 0.132. The highest BCUT2D eigenvalue weighted by Gasteiger charge is 2.22. The van der Waals surface area contributed by atoms with Crippen molar-refractivity contribution in [3.63, 3.8) is 0 Å². The second-order valence-corrected chi connectivity index (χ2v) is 5.92. The van der Waals surface area contributed by atoms with Gasteiger partial charge in [0, 0.05) is 30.9 Å². The van der Waals surface area contributed by atoms with E-state index in [0.29, 0.717) is 31.6 Å². The fourth-order valence-electron chi connectivity index (χ4n) is 2.94. The van der Waals surface area contributed by atoms with Gasteiger partial charge in [0.05, 0.1) is 0 Å². The van der Waals surface area contributed by atoms with Crippen molar-refractivity contribution in [1.29, 1.82) is 0 Å².